The maximum absolute atomic E-state index is 10.7. The second-order valence-corrected chi connectivity index (χ2v) is 6.84. The predicted molar refractivity (Wildman–Crippen MR) is 85.9 cm³/mol. The number of aromatic nitrogens is 3. The van der Waals surface area contributed by atoms with Crippen LogP contribution in [-0.2, 0) is 11.3 Å². The van der Waals surface area contributed by atoms with Crippen molar-refractivity contribution in [2.45, 2.75) is 46.3 Å². The standard InChI is InChI=1S/C14H26N4O2S/c1-6-18-13(15-16-14(18)21-9-12(19)20)17(7-10(2)3)8-11(4)5/h10-11H,6-9H2,1-5H3,(H,19,20). The highest BCUT2D eigenvalue weighted by Crippen LogP contribution is 2.23. The highest BCUT2D eigenvalue weighted by atomic mass is 32.2. The van der Waals surface area contributed by atoms with E-state index >= 15 is 0 Å². The van der Waals surface area contributed by atoms with Gasteiger partial charge in [0.15, 0.2) is 5.16 Å². The molecule has 0 atom stereocenters. The Morgan fingerprint density at radius 3 is 2.24 bits per heavy atom. The highest BCUT2D eigenvalue weighted by molar-refractivity contribution is 7.99. The van der Waals surface area contributed by atoms with E-state index in [2.05, 4.69) is 42.8 Å². The third-order valence-corrected chi connectivity index (χ3v) is 3.74. The summed E-state index contributed by atoms with van der Waals surface area (Å²) >= 11 is 1.22. The molecule has 0 saturated heterocycles. The van der Waals surface area contributed by atoms with Gasteiger partial charge in [-0.05, 0) is 18.8 Å². The molecule has 0 aliphatic rings. The summed E-state index contributed by atoms with van der Waals surface area (Å²) < 4.78 is 2.00. The molecule has 7 heteroatoms. The molecule has 0 aliphatic carbocycles. The summed E-state index contributed by atoms with van der Waals surface area (Å²) in [5, 5.41) is 17.9. The number of carbonyl (C=O) groups is 1. The molecule has 0 aliphatic heterocycles. The third-order valence-electron chi connectivity index (χ3n) is 2.79. The van der Waals surface area contributed by atoms with Gasteiger partial charge in [-0.15, -0.1) is 10.2 Å². The topological polar surface area (TPSA) is 71.2 Å². The normalized spacial score (nSPS) is 11.4. The fourth-order valence-electron chi connectivity index (χ4n) is 2.14. The number of thioether (sulfide) groups is 1. The Bertz CT molecular complexity index is 450. The molecule has 0 bridgehead atoms. The number of hydrogen-bond acceptors (Lipinski definition) is 5. The minimum Gasteiger partial charge on any atom is -0.481 e. The SMILES string of the molecule is CCn1c(SCC(=O)O)nnc1N(CC(C)C)CC(C)C. The fraction of sp³-hybridized carbons (Fsp3) is 0.786. The summed E-state index contributed by atoms with van der Waals surface area (Å²) in [5.74, 6) is 1.06. The quantitative estimate of drug-likeness (QED) is 0.706. The maximum atomic E-state index is 10.7. The van der Waals surface area contributed by atoms with Crippen molar-refractivity contribution in [2.24, 2.45) is 11.8 Å². The van der Waals surface area contributed by atoms with Crippen molar-refractivity contribution in [3.05, 3.63) is 0 Å². The fourth-order valence-corrected chi connectivity index (χ4v) is 2.86. The van der Waals surface area contributed by atoms with Crippen LogP contribution in [0.4, 0.5) is 5.95 Å². The summed E-state index contributed by atoms with van der Waals surface area (Å²) in [6.07, 6.45) is 0. The lowest BCUT2D eigenvalue weighted by molar-refractivity contribution is -0.133. The van der Waals surface area contributed by atoms with Crippen LogP contribution in [0.2, 0.25) is 0 Å². The van der Waals surface area contributed by atoms with Gasteiger partial charge in [0.05, 0.1) is 5.75 Å². The number of carboxylic acid groups (broad SMARTS) is 1. The van der Waals surface area contributed by atoms with Crippen molar-refractivity contribution in [1.29, 1.82) is 0 Å². The van der Waals surface area contributed by atoms with Crippen molar-refractivity contribution < 1.29 is 9.90 Å². The average Bonchev–Trinajstić information content (AvgIpc) is 2.77. The van der Waals surface area contributed by atoms with Crippen LogP contribution in [0.5, 0.6) is 0 Å². The van der Waals surface area contributed by atoms with E-state index in [0.29, 0.717) is 17.0 Å². The highest BCUT2D eigenvalue weighted by Gasteiger charge is 2.19. The zero-order valence-electron chi connectivity index (χ0n) is 13.5. The monoisotopic (exact) mass is 314 g/mol. The molecule has 1 rings (SSSR count). The molecule has 120 valence electrons. The molecule has 6 nitrogen and oxygen atoms in total. The van der Waals surface area contributed by atoms with Crippen LogP contribution in [0.15, 0.2) is 5.16 Å². The predicted octanol–water partition coefficient (Wildman–Crippen LogP) is 2.59. The second-order valence-electron chi connectivity index (χ2n) is 5.90. The minimum absolute atomic E-state index is 0.00644. The number of nitrogens with zero attached hydrogens (tertiary/aromatic N) is 4. The van der Waals surface area contributed by atoms with Crippen molar-refractivity contribution in [3.63, 3.8) is 0 Å². The van der Waals surface area contributed by atoms with E-state index in [1.165, 1.54) is 11.8 Å². The number of aliphatic carboxylic acids is 1. The van der Waals surface area contributed by atoms with Gasteiger partial charge in [-0.3, -0.25) is 9.36 Å². The van der Waals surface area contributed by atoms with Crippen molar-refractivity contribution in [1.82, 2.24) is 14.8 Å². The molecule has 1 heterocycles. The molecular formula is C14H26N4O2S. The maximum Gasteiger partial charge on any atom is 0.313 e. The number of carboxylic acids is 1. The Balaban J connectivity index is 2.98. The van der Waals surface area contributed by atoms with E-state index < -0.39 is 5.97 Å². The van der Waals surface area contributed by atoms with Crippen LogP contribution >= 0.6 is 11.8 Å². The van der Waals surface area contributed by atoms with Gasteiger partial charge in [0.1, 0.15) is 0 Å². The van der Waals surface area contributed by atoms with Gasteiger partial charge in [-0.1, -0.05) is 39.5 Å². The molecule has 0 amide bonds. The molecule has 21 heavy (non-hydrogen) atoms. The Labute approximate surface area is 130 Å². The van der Waals surface area contributed by atoms with Gasteiger partial charge in [-0.25, -0.2) is 0 Å². The van der Waals surface area contributed by atoms with Gasteiger partial charge < -0.3 is 10.0 Å². The largest absolute Gasteiger partial charge is 0.481 e. The lowest BCUT2D eigenvalue weighted by Crippen LogP contribution is -2.33. The first-order valence-electron chi connectivity index (χ1n) is 7.37. The van der Waals surface area contributed by atoms with Crippen LogP contribution in [0, 0.1) is 11.8 Å². The number of rotatable bonds is 9. The number of hydrogen-bond donors (Lipinski definition) is 1. The Hall–Kier alpha value is -1.24. The smallest absolute Gasteiger partial charge is 0.313 e. The molecule has 1 aromatic heterocycles. The molecule has 0 spiro atoms. The van der Waals surface area contributed by atoms with Gasteiger partial charge >= 0.3 is 5.97 Å². The van der Waals surface area contributed by atoms with E-state index in [9.17, 15) is 4.79 Å². The molecule has 0 unspecified atom stereocenters. The van der Waals surface area contributed by atoms with Crippen LogP contribution in [0.3, 0.4) is 0 Å². The summed E-state index contributed by atoms with van der Waals surface area (Å²) in [4.78, 5) is 13.0. The Morgan fingerprint density at radius 2 is 1.81 bits per heavy atom. The molecule has 0 saturated carbocycles. The van der Waals surface area contributed by atoms with E-state index in [1.807, 2.05) is 11.5 Å². The minimum atomic E-state index is -0.839. The average molecular weight is 314 g/mol. The van der Waals surface area contributed by atoms with Crippen LogP contribution < -0.4 is 4.90 Å². The Kier molecular flexibility index (Phi) is 7.01. The molecular weight excluding hydrogens is 288 g/mol. The summed E-state index contributed by atoms with van der Waals surface area (Å²) in [6.45, 7) is 13.3. The molecule has 0 fully saturated rings. The van der Waals surface area contributed by atoms with E-state index in [0.717, 1.165) is 25.6 Å². The van der Waals surface area contributed by atoms with Crippen LogP contribution in [0.1, 0.15) is 34.6 Å². The third kappa shape index (κ3) is 5.57. The molecule has 0 aromatic carbocycles. The molecule has 0 radical (unpaired) electrons. The lowest BCUT2D eigenvalue weighted by Gasteiger charge is -2.27. The lowest BCUT2D eigenvalue weighted by atomic mass is 10.1. The second kappa shape index (κ2) is 8.26. The zero-order chi connectivity index (χ0) is 16.0. The summed E-state index contributed by atoms with van der Waals surface area (Å²) in [7, 11) is 0. The van der Waals surface area contributed by atoms with Crippen molar-refractivity contribution in [3.8, 4) is 0 Å². The van der Waals surface area contributed by atoms with Crippen molar-refractivity contribution >= 4 is 23.7 Å². The molecule has 1 aromatic rings. The van der Waals surface area contributed by atoms with Crippen molar-refractivity contribution in [2.75, 3.05) is 23.7 Å². The zero-order valence-corrected chi connectivity index (χ0v) is 14.4. The van der Waals surface area contributed by atoms with Gasteiger partial charge in [0, 0.05) is 19.6 Å². The van der Waals surface area contributed by atoms with E-state index in [1.54, 1.807) is 0 Å². The van der Waals surface area contributed by atoms with Crippen LogP contribution in [0.25, 0.3) is 0 Å². The number of anilines is 1. The Morgan fingerprint density at radius 1 is 1.24 bits per heavy atom. The first kappa shape index (κ1) is 17.8. The van der Waals surface area contributed by atoms with Gasteiger partial charge in [0.2, 0.25) is 5.95 Å². The first-order valence-corrected chi connectivity index (χ1v) is 8.36. The van der Waals surface area contributed by atoms with Crippen LogP contribution in [-0.4, -0.2) is 44.7 Å². The first-order chi connectivity index (χ1) is 9.85. The summed E-state index contributed by atoms with van der Waals surface area (Å²) in [6, 6.07) is 0. The molecule has 1 N–H and O–H groups in total. The van der Waals surface area contributed by atoms with Gasteiger partial charge in [0.25, 0.3) is 0 Å². The van der Waals surface area contributed by atoms with E-state index in [-0.39, 0.29) is 5.75 Å². The van der Waals surface area contributed by atoms with E-state index in [4.69, 9.17) is 5.11 Å². The van der Waals surface area contributed by atoms with Gasteiger partial charge in [-0.2, -0.15) is 0 Å². The summed E-state index contributed by atoms with van der Waals surface area (Å²) in [5.41, 5.74) is 0.